The molecule has 3 nitrogen and oxygen atoms in total. The lowest BCUT2D eigenvalue weighted by molar-refractivity contribution is 0.101. The van der Waals surface area contributed by atoms with E-state index in [9.17, 15) is 9.18 Å². The van der Waals surface area contributed by atoms with Gasteiger partial charge in [-0.15, -0.1) is 0 Å². The fourth-order valence-electron chi connectivity index (χ4n) is 3.41. The minimum atomic E-state index is -0.401. The Morgan fingerprint density at radius 1 is 1.00 bits per heavy atom. The van der Waals surface area contributed by atoms with Gasteiger partial charge in [-0.25, -0.2) is 4.39 Å². The molecule has 0 amide bonds. The number of rotatable bonds is 4. The molecule has 29 heavy (non-hydrogen) atoms. The Balaban J connectivity index is 1.59. The Hall–Kier alpha value is -3.40. The normalized spacial score (nSPS) is 14.1. The minimum Gasteiger partial charge on any atom is -0.489 e. The number of ketones is 1. The summed E-state index contributed by atoms with van der Waals surface area (Å²) in [6.45, 7) is 6.37. The van der Waals surface area contributed by atoms with Crippen LogP contribution in [0.3, 0.4) is 0 Å². The monoisotopic (exact) mass is 388 g/mol. The molecule has 0 atom stereocenters. The number of carbonyl (C=O) groups excluding carboxylic acids is 1. The molecule has 0 radical (unpaired) electrons. The Labute approximate surface area is 169 Å². The van der Waals surface area contributed by atoms with Gasteiger partial charge in [-0.1, -0.05) is 42.0 Å². The topological polar surface area (TPSA) is 35.5 Å². The molecule has 1 heterocycles. The summed E-state index contributed by atoms with van der Waals surface area (Å²) in [7, 11) is 0. The van der Waals surface area contributed by atoms with E-state index in [0.717, 1.165) is 16.7 Å². The predicted molar refractivity (Wildman–Crippen MR) is 111 cm³/mol. The molecule has 0 spiro atoms. The van der Waals surface area contributed by atoms with Gasteiger partial charge < -0.3 is 9.47 Å². The second-order valence-corrected chi connectivity index (χ2v) is 7.29. The van der Waals surface area contributed by atoms with Crippen LogP contribution >= 0.6 is 0 Å². The van der Waals surface area contributed by atoms with Crippen molar-refractivity contribution in [2.45, 2.75) is 27.4 Å². The Bertz CT molecular complexity index is 1140. The molecule has 1 aliphatic heterocycles. The number of halogens is 1. The van der Waals surface area contributed by atoms with Crippen LogP contribution in [0.1, 0.15) is 38.2 Å². The second-order valence-electron chi connectivity index (χ2n) is 7.29. The summed E-state index contributed by atoms with van der Waals surface area (Å²) < 4.78 is 25.7. The number of benzene rings is 3. The highest BCUT2D eigenvalue weighted by Gasteiger charge is 2.30. The van der Waals surface area contributed by atoms with E-state index in [0.29, 0.717) is 29.2 Å². The third-order valence-corrected chi connectivity index (χ3v) is 5.03. The number of hydrogen-bond acceptors (Lipinski definition) is 3. The zero-order chi connectivity index (χ0) is 20.5. The average molecular weight is 388 g/mol. The maximum absolute atomic E-state index is 13.9. The third-order valence-electron chi connectivity index (χ3n) is 5.03. The summed E-state index contributed by atoms with van der Waals surface area (Å²) in [5.41, 5.74) is 5.02. The lowest BCUT2D eigenvalue weighted by Crippen LogP contribution is -2.01. The summed E-state index contributed by atoms with van der Waals surface area (Å²) >= 11 is 0. The van der Waals surface area contributed by atoms with Crippen LogP contribution in [0, 0.1) is 26.6 Å². The zero-order valence-corrected chi connectivity index (χ0v) is 16.6. The summed E-state index contributed by atoms with van der Waals surface area (Å²) in [5.74, 6) is 0.527. The lowest BCUT2D eigenvalue weighted by atomic mass is 10.0. The van der Waals surface area contributed by atoms with Gasteiger partial charge in [0, 0.05) is 11.6 Å². The van der Waals surface area contributed by atoms with Crippen LogP contribution in [0.4, 0.5) is 4.39 Å². The summed E-state index contributed by atoms with van der Waals surface area (Å²) in [4.78, 5) is 12.7. The SMILES string of the molecule is Cc1ccc(C)c(COc2cc(C)c3c(c2)O/C(=C\c2ccccc2F)C3=O)c1. The number of aryl methyl sites for hydroxylation is 3. The molecule has 3 aromatic carbocycles. The molecule has 0 aromatic heterocycles. The number of allylic oxidation sites excluding steroid dienone is 1. The van der Waals surface area contributed by atoms with Crippen molar-refractivity contribution in [1.29, 1.82) is 0 Å². The number of carbonyl (C=O) groups is 1. The van der Waals surface area contributed by atoms with Crippen molar-refractivity contribution in [2.75, 3.05) is 0 Å². The Morgan fingerprint density at radius 2 is 1.79 bits per heavy atom. The highest BCUT2D eigenvalue weighted by molar-refractivity contribution is 6.15. The van der Waals surface area contributed by atoms with E-state index < -0.39 is 5.82 Å². The first-order valence-corrected chi connectivity index (χ1v) is 9.45. The minimum absolute atomic E-state index is 0.111. The van der Waals surface area contributed by atoms with Crippen molar-refractivity contribution in [1.82, 2.24) is 0 Å². The zero-order valence-electron chi connectivity index (χ0n) is 16.6. The van der Waals surface area contributed by atoms with Gasteiger partial charge >= 0.3 is 0 Å². The molecule has 3 aromatic rings. The fourth-order valence-corrected chi connectivity index (χ4v) is 3.41. The van der Waals surface area contributed by atoms with Crippen LogP contribution in [0.25, 0.3) is 6.08 Å². The predicted octanol–water partition coefficient (Wildman–Crippen LogP) is 5.95. The number of fused-ring (bicyclic) bond motifs is 1. The van der Waals surface area contributed by atoms with Crippen molar-refractivity contribution in [2.24, 2.45) is 0 Å². The molecule has 0 saturated heterocycles. The van der Waals surface area contributed by atoms with Crippen LogP contribution in [-0.4, -0.2) is 5.78 Å². The van der Waals surface area contributed by atoms with Gasteiger partial charge in [-0.2, -0.15) is 0 Å². The Morgan fingerprint density at radius 3 is 2.59 bits per heavy atom. The molecule has 0 fully saturated rings. The largest absolute Gasteiger partial charge is 0.489 e. The van der Waals surface area contributed by atoms with Crippen LogP contribution in [0.5, 0.6) is 11.5 Å². The van der Waals surface area contributed by atoms with E-state index in [-0.39, 0.29) is 11.5 Å². The quantitative estimate of drug-likeness (QED) is 0.519. The van der Waals surface area contributed by atoms with Gasteiger partial charge in [0.1, 0.15) is 23.9 Å². The first-order valence-electron chi connectivity index (χ1n) is 9.45. The highest BCUT2D eigenvalue weighted by atomic mass is 19.1. The van der Waals surface area contributed by atoms with Crippen molar-refractivity contribution >= 4 is 11.9 Å². The smallest absolute Gasteiger partial charge is 0.232 e. The van der Waals surface area contributed by atoms with E-state index in [2.05, 4.69) is 18.2 Å². The summed E-state index contributed by atoms with van der Waals surface area (Å²) in [6.07, 6.45) is 1.44. The molecule has 0 bridgehead atoms. The van der Waals surface area contributed by atoms with Gasteiger partial charge in [0.05, 0.1) is 5.56 Å². The van der Waals surface area contributed by atoms with Crippen LogP contribution in [-0.2, 0) is 6.61 Å². The van der Waals surface area contributed by atoms with Crippen LogP contribution in [0.15, 0.2) is 60.4 Å². The van der Waals surface area contributed by atoms with Crippen molar-refractivity contribution in [3.05, 3.63) is 99.6 Å². The first-order chi connectivity index (χ1) is 13.9. The molecule has 146 valence electrons. The third kappa shape index (κ3) is 3.79. The van der Waals surface area contributed by atoms with Crippen molar-refractivity contribution in [3.8, 4) is 11.5 Å². The Kier molecular flexibility index (Phi) is 4.93. The highest BCUT2D eigenvalue weighted by Crippen LogP contribution is 2.38. The van der Waals surface area contributed by atoms with E-state index in [1.807, 2.05) is 26.8 Å². The first kappa shape index (κ1) is 18.9. The fraction of sp³-hybridized carbons (Fsp3) is 0.160. The van der Waals surface area contributed by atoms with Crippen molar-refractivity contribution in [3.63, 3.8) is 0 Å². The molecule has 0 N–H and O–H groups in total. The number of hydrogen-bond donors (Lipinski definition) is 0. The van der Waals surface area contributed by atoms with E-state index >= 15 is 0 Å². The van der Waals surface area contributed by atoms with Gasteiger partial charge in [-0.3, -0.25) is 4.79 Å². The maximum atomic E-state index is 13.9. The van der Waals surface area contributed by atoms with Gasteiger partial charge in [0.25, 0.3) is 0 Å². The second kappa shape index (κ2) is 7.55. The summed E-state index contributed by atoms with van der Waals surface area (Å²) in [6, 6.07) is 16.1. The van der Waals surface area contributed by atoms with Crippen LogP contribution < -0.4 is 9.47 Å². The molecule has 1 aliphatic rings. The molecular weight excluding hydrogens is 367 g/mol. The van der Waals surface area contributed by atoms with E-state index in [1.54, 1.807) is 24.3 Å². The van der Waals surface area contributed by atoms with Gasteiger partial charge in [0.15, 0.2) is 5.76 Å². The molecule has 4 rings (SSSR count). The lowest BCUT2D eigenvalue weighted by Gasteiger charge is -2.11. The van der Waals surface area contributed by atoms with E-state index in [4.69, 9.17) is 9.47 Å². The van der Waals surface area contributed by atoms with Crippen molar-refractivity contribution < 1.29 is 18.7 Å². The van der Waals surface area contributed by atoms with Gasteiger partial charge in [0.2, 0.25) is 5.78 Å². The molecule has 0 aliphatic carbocycles. The molecule has 4 heteroatoms. The molecule has 0 unspecified atom stereocenters. The average Bonchev–Trinajstić information content (AvgIpc) is 3.00. The number of ether oxygens (including phenoxy) is 2. The van der Waals surface area contributed by atoms with E-state index in [1.165, 1.54) is 17.7 Å². The summed E-state index contributed by atoms with van der Waals surface area (Å²) in [5, 5.41) is 0. The standard InChI is InChI=1S/C25H21FO3/c1-15-8-9-16(2)19(10-15)14-28-20-11-17(3)24-22(13-20)29-23(25(24)27)12-18-6-4-5-7-21(18)26/h4-13H,14H2,1-3H3/b23-12-. The maximum Gasteiger partial charge on any atom is 0.232 e. The van der Waals surface area contributed by atoms with Crippen LogP contribution in [0.2, 0.25) is 0 Å². The molecular formula is C25H21FO3. The molecule has 0 saturated carbocycles. The number of Topliss-reactive ketones (excluding diaryl/α,β-unsaturated/α-hetero) is 1. The van der Waals surface area contributed by atoms with Gasteiger partial charge in [-0.05, 0) is 55.7 Å².